The predicted octanol–water partition coefficient (Wildman–Crippen LogP) is 5.49. The average molecular weight is 570 g/mol. The Morgan fingerprint density at radius 2 is 1.56 bits per heavy atom. The van der Waals surface area contributed by atoms with E-state index in [4.69, 9.17) is 11.6 Å². The zero-order chi connectivity index (χ0) is 28.6. The van der Waals surface area contributed by atoms with Crippen molar-refractivity contribution in [1.82, 2.24) is 10.2 Å². The molecule has 0 aliphatic heterocycles. The van der Waals surface area contributed by atoms with Gasteiger partial charge in [-0.3, -0.25) is 13.9 Å². The predicted molar refractivity (Wildman–Crippen MR) is 156 cm³/mol. The summed E-state index contributed by atoms with van der Waals surface area (Å²) in [5.74, 6) is -0.813. The molecule has 0 aliphatic rings. The van der Waals surface area contributed by atoms with E-state index < -0.39 is 28.5 Å². The topological polar surface area (TPSA) is 86.8 Å². The maximum absolute atomic E-state index is 13.9. The number of halogens is 1. The minimum Gasteiger partial charge on any atom is -0.354 e. The third-order valence-corrected chi connectivity index (χ3v) is 8.47. The smallest absolute Gasteiger partial charge is 0.264 e. The molecule has 1 atom stereocenters. The molecule has 0 spiro atoms. The summed E-state index contributed by atoms with van der Waals surface area (Å²) in [6.07, 6.45) is 1.74. The fourth-order valence-electron chi connectivity index (χ4n) is 4.03. The van der Waals surface area contributed by atoms with Gasteiger partial charge in [-0.2, -0.15) is 0 Å². The van der Waals surface area contributed by atoms with E-state index in [0.29, 0.717) is 17.3 Å². The lowest BCUT2D eigenvalue weighted by Crippen LogP contribution is -2.51. The Balaban J connectivity index is 1.99. The van der Waals surface area contributed by atoms with Gasteiger partial charge in [0.15, 0.2) is 0 Å². The summed E-state index contributed by atoms with van der Waals surface area (Å²) in [5, 5.41) is 3.38. The van der Waals surface area contributed by atoms with Crippen molar-refractivity contribution in [3.63, 3.8) is 0 Å². The van der Waals surface area contributed by atoms with Crippen LogP contribution in [0.25, 0.3) is 0 Å². The van der Waals surface area contributed by atoms with E-state index in [1.54, 1.807) is 61.5 Å². The summed E-state index contributed by atoms with van der Waals surface area (Å²) >= 11 is 6.18. The van der Waals surface area contributed by atoms with Gasteiger partial charge >= 0.3 is 0 Å². The first-order valence-electron chi connectivity index (χ1n) is 13.0. The molecular formula is C30H36ClN3O4S. The second-order valence-corrected chi connectivity index (χ2v) is 11.9. The maximum atomic E-state index is 13.9. The Morgan fingerprint density at radius 3 is 2.15 bits per heavy atom. The van der Waals surface area contributed by atoms with Crippen LogP contribution in [0.4, 0.5) is 5.69 Å². The first kappa shape index (κ1) is 30.2. The van der Waals surface area contributed by atoms with Crippen LogP contribution in [-0.2, 0) is 26.2 Å². The van der Waals surface area contributed by atoms with Crippen molar-refractivity contribution < 1.29 is 18.0 Å². The number of hydrogen-bond donors (Lipinski definition) is 1. The van der Waals surface area contributed by atoms with E-state index in [1.165, 1.54) is 17.0 Å². The summed E-state index contributed by atoms with van der Waals surface area (Å²) in [5.41, 5.74) is 2.96. The van der Waals surface area contributed by atoms with Crippen LogP contribution in [0.15, 0.2) is 77.7 Å². The fraction of sp³-hybridized carbons (Fsp3) is 0.333. The van der Waals surface area contributed by atoms with Crippen LogP contribution in [0.5, 0.6) is 0 Å². The van der Waals surface area contributed by atoms with Gasteiger partial charge in [-0.15, -0.1) is 0 Å². The molecule has 0 bridgehead atoms. The van der Waals surface area contributed by atoms with Crippen LogP contribution in [-0.4, -0.2) is 44.3 Å². The highest BCUT2D eigenvalue weighted by molar-refractivity contribution is 7.92. The summed E-state index contributed by atoms with van der Waals surface area (Å²) in [6, 6.07) is 19.6. The van der Waals surface area contributed by atoms with Gasteiger partial charge in [0.2, 0.25) is 11.8 Å². The van der Waals surface area contributed by atoms with Crippen LogP contribution in [0.3, 0.4) is 0 Å². The molecule has 0 unspecified atom stereocenters. The monoisotopic (exact) mass is 569 g/mol. The molecule has 3 aromatic carbocycles. The second kappa shape index (κ2) is 13.6. The Kier molecular flexibility index (Phi) is 10.5. The highest BCUT2D eigenvalue weighted by atomic mass is 35.5. The Bertz CT molecular complexity index is 1380. The molecule has 3 rings (SSSR count). The molecular weight excluding hydrogens is 534 g/mol. The highest BCUT2D eigenvalue weighted by Gasteiger charge is 2.32. The van der Waals surface area contributed by atoms with Crippen molar-refractivity contribution in [1.29, 1.82) is 0 Å². The average Bonchev–Trinajstić information content (AvgIpc) is 2.90. The van der Waals surface area contributed by atoms with Gasteiger partial charge in [0.1, 0.15) is 12.6 Å². The van der Waals surface area contributed by atoms with E-state index in [0.717, 1.165) is 33.8 Å². The number of anilines is 1. The summed E-state index contributed by atoms with van der Waals surface area (Å²) in [4.78, 5) is 28.4. The van der Waals surface area contributed by atoms with Crippen LogP contribution in [0.1, 0.15) is 43.4 Å². The molecule has 0 radical (unpaired) electrons. The zero-order valence-corrected chi connectivity index (χ0v) is 24.4. The van der Waals surface area contributed by atoms with Gasteiger partial charge in [0.05, 0.1) is 10.6 Å². The van der Waals surface area contributed by atoms with Gasteiger partial charge in [-0.25, -0.2) is 8.42 Å². The van der Waals surface area contributed by atoms with Gasteiger partial charge in [0, 0.05) is 18.1 Å². The number of carbonyl (C=O) groups excluding carboxylic acids is 2. The molecule has 208 valence electrons. The van der Waals surface area contributed by atoms with Crippen molar-refractivity contribution in [3.8, 4) is 0 Å². The van der Waals surface area contributed by atoms with Crippen molar-refractivity contribution in [2.75, 3.05) is 17.4 Å². The number of nitrogens with one attached hydrogen (secondary N) is 1. The Hall–Kier alpha value is -3.36. The van der Waals surface area contributed by atoms with Crippen molar-refractivity contribution in [2.24, 2.45) is 0 Å². The lowest BCUT2D eigenvalue weighted by molar-refractivity contribution is -0.139. The van der Waals surface area contributed by atoms with E-state index >= 15 is 0 Å². The van der Waals surface area contributed by atoms with E-state index in [-0.39, 0.29) is 17.3 Å². The highest BCUT2D eigenvalue weighted by Crippen LogP contribution is 2.25. The SMILES string of the molecule is CCCCNC(=O)[C@@H](C)N(Cc1cccc(Cl)c1)C(=O)CN(c1ccc(C)cc1)S(=O)(=O)c1ccc(C)cc1. The van der Waals surface area contributed by atoms with Crippen molar-refractivity contribution in [3.05, 3.63) is 94.5 Å². The number of benzene rings is 3. The number of hydrogen-bond acceptors (Lipinski definition) is 4. The Labute approximate surface area is 236 Å². The third kappa shape index (κ3) is 8.07. The lowest BCUT2D eigenvalue weighted by Gasteiger charge is -2.32. The number of amides is 2. The molecule has 0 aliphatic carbocycles. The molecule has 1 N–H and O–H groups in total. The van der Waals surface area contributed by atoms with Gasteiger partial charge in [0.25, 0.3) is 10.0 Å². The van der Waals surface area contributed by atoms with Crippen LogP contribution < -0.4 is 9.62 Å². The molecule has 0 fully saturated rings. The van der Waals surface area contributed by atoms with Gasteiger partial charge in [-0.1, -0.05) is 72.5 Å². The van der Waals surface area contributed by atoms with Crippen LogP contribution in [0.2, 0.25) is 5.02 Å². The zero-order valence-electron chi connectivity index (χ0n) is 22.9. The largest absolute Gasteiger partial charge is 0.354 e. The number of nitrogens with zero attached hydrogens (tertiary/aromatic N) is 2. The minimum atomic E-state index is -4.09. The summed E-state index contributed by atoms with van der Waals surface area (Å²) in [7, 11) is -4.09. The number of aryl methyl sites for hydroxylation is 2. The molecule has 0 saturated carbocycles. The third-order valence-electron chi connectivity index (χ3n) is 6.45. The molecule has 0 heterocycles. The molecule has 0 aromatic heterocycles. The molecule has 2 amide bonds. The van der Waals surface area contributed by atoms with E-state index in [1.807, 2.05) is 26.8 Å². The number of sulfonamides is 1. The molecule has 9 heteroatoms. The van der Waals surface area contributed by atoms with Gasteiger partial charge < -0.3 is 10.2 Å². The molecule has 7 nitrogen and oxygen atoms in total. The maximum Gasteiger partial charge on any atom is 0.264 e. The van der Waals surface area contributed by atoms with Crippen molar-refractivity contribution in [2.45, 2.75) is 58.0 Å². The van der Waals surface area contributed by atoms with E-state index in [2.05, 4.69) is 5.32 Å². The number of carbonyl (C=O) groups is 2. The first-order valence-corrected chi connectivity index (χ1v) is 14.8. The lowest BCUT2D eigenvalue weighted by atomic mass is 10.1. The molecule has 3 aromatic rings. The normalized spacial score (nSPS) is 12.0. The van der Waals surface area contributed by atoms with E-state index in [9.17, 15) is 18.0 Å². The number of rotatable bonds is 12. The summed E-state index contributed by atoms with van der Waals surface area (Å²) in [6.45, 7) is 7.56. The Morgan fingerprint density at radius 1 is 0.949 bits per heavy atom. The van der Waals surface area contributed by atoms with Crippen LogP contribution >= 0.6 is 11.6 Å². The molecule has 0 saturated heterocycles. The number of unbranched alkanes of at least 4 members (excludes halogenated alkanes) is 1. The quantitative estimate of drug-likeness (QED) is 0.292. The minimum absolute atomic E-state index is 0.0771. The second-order valence-electron chi connectivity index (χ2n) is 9.63. The fourth-order valence-corrected chi connectivity index (χ4v) is 5.65. The van der Waals surface area contributed by atoms with Crippen molar-refractivity contribution >= 4 is 39.1 Å². The van der Waals surface area contributed by atoms with Gasteiger partial charge in [-0.05, 0) is 69.2 Å². The van der Waals surface area contributed by atoms with Crippen LogP contribution in [0, 0.1) is 13.8 Å². The molecule has 39 heavy (non-hydrogen) atoms. The standard InChI is InChI=1S/C30H36ClN3O4S/c1-5-6-18-32-30(36)24(4)33(20-25-8-7-9-26(31)19-25)29(35)21-34(27-14-10-22(2)11-15-27)39(37,38)28-16-12-23(3)13-17-28/h7-17,19,24H,5-6,18,20-21H2,1-4H3,(H,32,36)/t24-/m1/s1. The first-order chi connectivity index (χ1) is 18.5. The summed E-state index contributed by atoms with van der Waals surface area (Å²) < 4.78 is 28.8.